The van der Waals surface area contributed by atoms with Crippen LogP contribution in [0.2, 0.25) is 0 Å². The number of nitrogens with two attached hydrogens (primary N) is 1. The van der Waals surface area contributed by atoms with Gasteiger partial charge < -0.3 is 10.6 Å². The number of carbonyl (C=O) groups excluding carboxylic acids is 2. The van der Waals surface area contributed by atoms with Crippen LogP contribution in [0.3, 0.4) is 0 Å². The number of nitrogens with zero attached hydrogens (tertiary/aromatic N) is 1. The predicted octanol–water partition coefficient (Wildman–Crippen LogP) is -0.127. The van der Waals surface area contributed by atoms with E-state index >= 15 is 0 Å². The molecule has 1 aliphatic carbocycles. The molecular formula is C9H14N2O2. The fourth-order valence-corrected chi connectivity index (χ4v) is 2.57. The molecule has 4 nitrogen and oxygen atoms in total. The lowest BCUT2D eigenvalue weighted by Crippen LogP contribution is -2.40. The molecule has 13 heavy (non-hydrogen) atoms. The smallest absolute Gasteiger partial charge is 0.237 e. The van der Waals surface area contributed by atoms with Crippen LogP contribution in [0, 0.1) is 5.92 Å². The van der Waals surface area contributed by atoms with E-state index in [0.717, 1.165) is 12.8 Å². The maximum absolute atomic E-state index is 11.4. The Kier molecular flexibility index (Phi) is 1.98. The second-order valence-electron chi connectivity index (χ2n) is 3.95. The van der Waals surface area contributed by atoms with Gasteiger partial charge in [0.1, 0.15) is 0 Å². The van der Waals surface area contributed by atoms with Gasteiger partial charge in [-0.15, -0.1) is 0 Å². The van der Waals surface area contributed by atoms with Gasteiger partial charge in [0.25, 0.3) is 0 Å². The van der Waals surface area contributed by atoms with Crippen LogP contribution < -0.4 is 5.73 Å². The van der Waals surface area contributed by atoms with E-state index in [4.69, 9.17) is 5.73 Å². The number of hydrogen-bond acceptors (Lipinski definition) is 2. The summed E-state index contributed by atoms with van der Waals surface area (Å²) in [6.07, 6.45) is 3.98. The van der Waals surface area contributed by atoms with Gasteiger partial charge in [-0.25, -0.2) is 0 Å². The first-order valence-electron chi connectivity index (χ1n) is 4.76. The van der Waals surface area contributed by atoms with Gasteiger partial charge in [-0.1, -0.05) is 6.42 Å². The van der Waals surface area contributed by atoms with Crippen molar-refractivity contribution in [1.82, 2.24) is 4.90 Å². The minimum atomic E-state index is -0.402. The fourth-order valence-electron chi connectivity index (χ4n) is 2.57. The zero-order valence-electron chi connectivity index (χ0n) is 7.53. The number of fused-ring (bicyclic) bond motifs is 1. The monoisotopic (exact) mass is 182 g/mol. The molecule has 2 atom stereocenters. The van der Waals surface area contributed by atoms with Gasteiger partial charge in [0.05, 0.1) is 6.54 Å². The highest BCUT2D eigenvalue weighted by atomic mass is 16.2. The van der Waals surface area contributed by atoms with Crippen molar-refractivity contribution in [3.8, 4) is 0 Å². The number of likely N-dealkylation sites (tertiary alicyclic amines) is 1. The summed E-state index contributed by atoms with van der Waals surface area (Å²) in [5.74, 6) is 0.196. The van der Waals surface area contributed by atoms with Crippen molar-refractivity contribution in [3.63, 3.8) is 0 Å². The Balaban J connectivity index is 2.08. The summed E-state index contributed by atoms with van der Waals surface area (Å²) in [6, 6.07) is 0.306. The van der Waals surface area contributed by atoms with Gasteiger partial charge in [0.2, 0.25) is 11.8 Å². The van der Waals surface area contributed by atoms with E-state index < -0.39 is 5.91 Å². The van der Waals surface area contributed by atoms with Crippen LogP contribution in [0.4, 0.5) is 0 Å². The third-order valence-corrected chi connectivity index (χ3v) is 3.10. The van der Waals surface area contributed by atoms with Crippen LogP contribution in [0.5, 0.6) is 0 Å². The minimum absolute atomic E-state index is 0.105. The van der Waals surface area contributed by atoms with Crippen molar-refractivity contribution >= 4 is 11.8 Å². The first-order valence-corrected chi connectivity index (χ1v) is 4.76. The lowest BCUT2D eigenvalue weighted by molar-refractivity contribution is -0.133. The van der Waals surface area contributed by atoms with Crippen LogP contribution in [0.15, 0.2) is 0 Å². The Morgan fingerprint density at radius 1 is 1.54 bits per heavy atom. The number of carbonyl (C=O) groups is 2. The molecule has 2 amide bonds. The normalized spacial score (nSPS) is 32.3. The Morgan fingerprint density at radius 3 is 3.00 bits per heavy atom. The number of amides is 2. The molecule has 0 bridgehead atoms. The largest absolute Gasteiger partial charge is 0.368 e. The van der Waals surface area contributed by atoms with Gasteiger partial charge in [0.15, 0.2) is 0 Å². The third kappa shape index (κ3) is 1.41. The van der Waals surface area contributed by atoms with Crippen LogP contribution in [-0.2, 0) is 9.59 Å². The van der Waals surface area contributed by atoms with E-state index in [0.29, 0.717) is 18.4 Å². The second-order valence-corrected chi connectivity index (χ2v) is 3.95. The SMILES string of the molecule is NC(=O)CN1C(=O)C[C@H]2CCC[C@H]21. The van der Waals surface area contributed by atoms with Crippen molar-refractivity contribution in [3.05, 3.63) is 0 Å². The lowest BCUT2D eigenvalue weighted by Gasteiger charge is -2.21. The Labute approximate surface area is 77.1 Å². The number of primary amides is 1. The van der Waals surface area contributed by atoms with E-state index in [1.807, 2.05) is 0 Å². The van der Waals surface area contributed by atoms with Crippen LogP contribution >= 0.6 is 0 Å². The standard InChI is InChI=1S/C9H14N2O2/c10-8(12)5-11-7-3-1-2-6(7)4-9(11)13/h6-7H,1-5H2,(H2,10,12)/t6-,7-/m1/s1. The molecule has 1 saturated carbocycles. The minimum Gasteiger partial charge on any atom is -0.368 e. The zero-order chi connectivity index (χ0) is 9.42. The molecule has 1 aliphatic heterocycles. The van der Waals surface area contributed by atoms with Crippen molar-refractivity contribution in [2.75, 3.05) is 6.54 Å². The summed E-state index contributed by atoms with van der Waals surface area (Å²) in [7, 11) is 0. The Bertz CT molecular complexity index is 252. The van der Waals surface area contributed by atoms with E-state index in [9.17, 15) is 9.59 Å². The molecule has 2 rings (SSSR count). The van der Waals surface area contributed by atoms with Gasteiger partial charge in [-0.2, -0.15) is 0 Å². The van der Waals surface area contributed by atoms with Crippen LogP contribution in [-0.4, -0.2) is 29.3 Å². The molecule has 2 N–H and O–H groups in total. The van der Waals surface area contributed by atoms with Gasteiger partial charge in [0, 0.05) is 12.5 Å². The molecule has 0 aromatic heterocycles. The molecule has 0 aromatic carbocycles. The van der Waals surface area contributed by atoms with Crippen molar-refractivity contribution in [2.24, 2.45) is 11.7 Å². The quantitative estimate of drug-likeness (QED) is 0.646. The zero-order valence-corrected chi connectivity index (χ0v) is 7.53. The van der Waals surface area contributed by atoms with Crippen molar-refractivity contribution in [2.45, 2.75) is 31.7 Å². The Morgan fingerprint density at radius 2 is 2.31 bits per heavy atom. The van der Waals surface area contributed by atoms with Gasteiger partial charge in [-0.05, 0) is 18.8 Å². The average Bonchev–Trinajstić information content (AvgIpc) is 2.55. The van der Waals surface area contributed by atoms with Gasteiger partial charge >= 0.3 is 0 Å². The fraction of sp³-hybridized carbons (Fsp3) is 0.778. The first-order chi connectivity index (χ1) is 6.18. The first kappa shape index (κ1) is 8.53. The lowest BCUT2D eigenvalue weighted by atomic mass is 10.0. The summed E-state index contributed by atoms with van der Waals surface area (Å²) in [5.41, 5.74) is 5.08. The highest BCUT2D eigenvalue weighted by Gasteiger charge is 2.42. The van der Waals surface area contributed by atoms with Gasteiger partial charge in [-0.3, -0.25) is 9.59 Å². The average molecular weight is 182 g/mol. The topological polar surface area (TPSA) is 63.4 Å². The van der Waals surface area contributed by atoms with Crippen molar-refractivity contribution in [1.29, 1.82) is 0 Å². The highest BCUT2D eigenvalue weighted by molar-refractivity contribution is 5.85. The number of rotatable bonds is 2. The van der Waals surface area contributed by atoms with Crippen LogP contribution in [0.25, 0.3) is 0 Å². The molecule has 2 fully saturated rings. The third-order valence-electron chi connectivity index (χ3n) is 3.10. The summed E-state index contributed by atoms with van der Waals surface area (Å²) >= 11 is 0. The second kappa shape index (κ2) is 3.01. The molecule has 0 spiro atoms. The summed E-state index contributed by atoms with van der Waals surface area (Å²) in [6.45, 7) is 0.111. The molecule has 1 saturated heterocycles. The molecule has 0 radical (unpaired) electrons. The number of hydrogen-bond donors (Lipinski definition) is 1. The van der Waals surface area contributed by atoms with E-state index in [2.05, 4.69) is 0 Å². The summed E-state index contributed by atoms with van der Waals surface area (Å²) in [5, 5.41) is 0. The molecule has 0 unspecified atom stereocenters. The summed E-state index contributed by atoms with van der Waals surface area (Å²) < 4.78 is 0. The molecular weight excluding hydrogens is 168 g/mol. The van der Waals surface area contributed by atoms with Crippen molar-refractivity contribution < 1.29 is 9.59 Å². The molecule has 72 valence electrons. The van der Waals surface area contributed by atoms with E-state index in [-0.39, 0.29) is 12.5 Å². The maximum Gasteiger partial charge on any atom is 0.237 e. The molecule has 0 aromatic rings. The maximum atomic E-state index is 11.4. The highest BCUT2D eigenvalue weighted by Crippen LogP contribution is 2.37. The Hall–Kier alpha value is -1.06. The molecule has 2 aliphatic rings. The molecule has 4 heteroatoms. The summed E-state index contributed by atoms with van der Waals surface area (Å²) in [4.78, 5) is 23.8. The molecule has 1 heterocycles. The van der Waals surface area contributed by atoms with E-state index in [1.54, 1.807) is 4.90 Å². The van der Waals surface area contributed by atoms with E-state index in [1.165, 1.54) is 6.42 Å². The van der Waals surface area contributed by atoms with Crippen LogP contribution in [0.1, 0.15) is 25.7 Å². The predicted molar refractivity (Wildman–Crippen MR) is 46.7 cm³/mol.